The average molecular weight is 185 g/mol. The molecule has 4 nitrogen and oxygen atoms in total. The van der Waals surface area contributed by atoms with Gasteiger partial charge in [0.25, 0.3) is 0 Å². The summed E-state index contributed by atoms with van der Waals surface area (Å²) in [6, 6.07) is -0.422. The Bertz CT molecular complexity index is 215. The minimum atomic E-state index is -0.422. The predicted molar refractivity (Wildman–Crippen MR) is 47.0 cm³/mol. The minimum absolute atomic E-state index is 0.0570. The molecule has 1 rings (SSSR count). The highest BCUT2D eigenvalue weighted by atomic mass is 16.5. The highest BCUT2D eigenvalue weighted by molar-refractivity contribution is 5.89. The Kier molecular flexibility index (Phi) is 3.28. The first-order valence-electron chi connectivity index (χ1n) is 4.62. The van der Waals surface area contributed by atoms with Crippen molar-refractivity contribution in [3.63, 3.8) is 0 Å². The molecule has 0 aliphatic carbocycles. The molecule has 1 N–H and O–H groups in total. The zero-order valence-electron chi connectivity index (χ0n) is 8.00. The van der Waals surface area contributed by atoms with Gasteiger partial charge in [-0.1, -0.05) is 13.8 Å². The highest BCUT2D eigenvalue weighted by Crippen LogP contribution is 2.15. The molecule has 1 amide bonds. The number of rotatable bonds is 3. The molecular formula is C9H15NO3. The number of hydrogen-bond acceptors (Lipinski definition) is 3. The Hall–Kier alpha value is -1.06. The Morgan fingerprint density at radius 3 is 2.85 bits per heavy atom. The minimum Gasteiger partial charge on any atom is -0.464 e. The molecule has 13 heavy (non-hydrogen) atoms. The van der Waals surface area contributed by atoms with E-state index in [-0.39, 0.29) is 17.8 Å². The zero-order valence-corrected chi connectivity index (χ0v) is 8.00. The fourth-order valence-electron chi connectivity index (χ4n) is 1.29. The predicted octanol–water partition coefficient (Wildman–Crippen LogP) is 0.464. The summed E-state index contributed by atoms with van der Waals surface area (Å²) in [6.45, 7) is 4.17. The molecule has 0 spiro atoms. The third kappa shape index (κ3) is 2.44. The van der Waals surface area contributed by atoms with E-state index in [1.165, 1.54) is 0 Å². The van der Waals surface area contributed by atoms with E-state index in [1.807, 2.05) is 13.8 Å². The third-order valence-corrected chi connectivity index (χ3v) is 2.09. The number of esters is 1. The van der Waals surface area contributed by atoms with Crippen LogP contribution in [0.3, 0.4) is 0 Å². The summed E-state index contributed by atoms with van der Waals surface area (Å²) >= 11 is 0. The number of carbonyl (C=O) groups is 2. The van der Waals surface area contributed by atoms with Crippen LogP contribution in [0.1, 0.15) is 26.7 Å². The van der Waals surface area contributed by atoms with E-state index in [2.05, 4.69) is 5.32 Å². The van der Waals surface area contributed by atoms with Crippen molar-refractivity contribution >= 4 is 11.9 Å². The number of nitrogens with one attached hydrogen (secondary N) is 1. The van der Waals surface area contributed by atoms with E-state index in [9.17, 15) is 9.59 Å². The summed E-state index contributed by atoms with van der Waals surface area (Å²) in [5, 5.41) is 2.60. The molecule has 0 aromatic rings. The maximum Gasteiger partial charge on any atom is 0.328 e. The number of amides is 1. The van der Waals surface area contributed by atoms with E-state index in [0.29, 0.717) is 13.0 Å². The van der Waals surface area contributed by atoms with Gasteiger partial charge >= 0.3 is 5.97 Å². The lowest BCUT2D eigenvalue weighted by molar-refractivity contribution is -0.146. The van der Waals surface area contributed by atoms with Gasteiger partial charge in [0, 0.05) is 5.92 Å². The number of hydrogen-bond donors (Lipinski definition) is 1. The SMILES string of the molecule is CCCOC(=O)C1CC(C)C(=O)N1. The molecule has 1 fully saturated rings. The summed E-state index contributed by atoms with van der Waals surface area (Å²) in [7, 11) is 0. The molecular weight excluding hydrogens is 170 g/mol. The van der Waals surface area contributed by atoms with Crippen LogP contribution >= 0.6 is 0 Å². The molecule has 0 radical (unpaired) electrons. The van der Waals surface area contributed by atoms with E-state index >= 15 is 0 Å². The lowest BCUT2D eigenvalue weighted by Gasteiger charge is -2.08. The van der Waals surface area contributed by atoms with Crippen molar-refractivity contribution in [2.45, 2.75) is 32.7 Å². The van der Waals surface area contributed by atoms with Gasteiger partial charge in [-0.2, -0.15) is 0 Å². The molecule has 1 aliphatic rings. The Morgan fingerprint density at radius 2 is 2.38 bits per heavy atom. The molecule has 0 aromatic heterocycles. The lowest BCUT2D eigenvalue weighted by Crippen LogP contribution is -2.34. The second kappa shape index (κ2) is 4.25. The van der Waals surface area contributed by atoms with Gasteiger partial charge in [0.15, 0.2) is 0 Å². The Balaban J connectivity index is 2.37. The van der Waals surface area contributed by atoms with Crippen LogP contribution in [0.15, 0.2) is 0 Å². The first-order valence-corrected chi connectivity index (χ1v) is 4.62. The van der Waals surface area contributed by atoms with E-state index in [4.69, 9.17) is 4.74 Å². The average Bonchev–Trinajstić information content (AvgIpc) is 2.43. The summed E-state index contributed by atoms with van der Waals surface area (Å²) in [4.78, 5) is 22.3. The Labute approximate surface area is 77.6 Å². The van der Waals surface area contributed by atoms with Crippen LogP contribution in [0, 0.1) is 5.92 Å². The molecule has 1 saturated heterocycles. The van der Waals surface area contributed by atoms with Gasteiger partial charge in [0.1, 0.15) is 6.04 Å². The second-order valence-corrected chi connectivity index (χ2v) is 3.37. The first-order chi connectivity index (χ1) is 6.15. The van der Waals surface area contributed by atoms with Gasteiger partial charge in [0.2, 0.25) is 5.91 Å². The standard InChI is InChI=1S/C9H15NO3/c1-3-4-13-9(12)7-5-6(2)8(11)10-7/h6-7H,3-5H2,1-2H3,(H,10,11). The molecule has 2 unspecified atom stereocenters. The zero-order chi connectivity index (χ0) is 9.84. The Morgan fingerprint density at radius 1 is 1.69 bits per heavy atom. The van der Waals surface area contributed by atoms with Crippen LogP contribution in [-0.4, -0.2) is 24.5 Å². The highest BCUT2D eigenvalue weighted by Gasteiger charge is 2.33. The van der Waals surface area contributed by atoms with Crippen LogP contribution in [0.4, 0.5) is 0 Å². The molecule has 1 aliphatic heterocycles. The van der Waals surface area contributed by atoms with Crippen LogP contribution < -0.4 is 5.32 Å². The summed E-state index contributed by atoms with van der Waals surface area (Å²) < 4.78 is 4.92. The smallest absolute Gasteiger partial charge is 0.328 e. The quantitative estimate of drug-likeness (QED) is 0.650. The monoisotopic (exact) mass is 185 g/mol. The van der Waals surface area contributed by atoms with Crippen molar-refractivity contribution in [1.29, 1.82) is 0 Å². The molecule has 2 atom stereocenters. The molecule has 4 heteroatoms. The first kappa shape index (κ1) is 10.0. The third-order valence-electron chi connectivity index (χ3n) is 2.09. The second-order valence-electron chi connectivity index (χ2n) is 3.37. The van der Waals surface area contributed by atoms with Crippen LogP contribution in [0.2, 0.25) is 0 Å². The lowest BCUT2D eigenvalue weighted by atomic mass is 10.1. The molecule has 0 bridgehead atoms. The van der Waals surface area contributed by atoms with Crippen molar-refractivity contribution < 1.29 is 14.3 Å². The van der Waals surface area contributed by atoms with E-state index in [0.717, 1.165) is 6.42 Å². The van der Waals surface area contributed by atoms with Crippen molar-refractivity contribution in [3.05, 3.63) is 0 Å². The van der Waals surface area contributed by atoms with Gasteiger partial charge in [-0.25, -0.2) is 4.79 Å². The molecule has 74 valence electrons. The van der Waals surface area contributed by atoms with Crippen molar-refractivity contribution in [3.8, 4) is 0 Å². The van der Waals surface area contributed by atoms with Crippen molar-refractivity contribution in [2.75, 3.05) is 6.61 Å². The van der Waals surface area contributed by atoms with Gasteiger partial charge < -0.3 is 10.1 Å². The van der Waals surface area contributed by atoms with E-state index < -0.39 is 6.04 Å². The van der Waals surface area contributed by atoms with Gasteiger partial charge in [-0.05, 0) is 12.8 Å². The van der Waals surface area contributed by atoms with Crippen molar-refractivity contribution in [2.24, 2.45) is 5.92 Å². The number of carbonyl (C=O) groups excluding carboxylic acids is 2. The van der Waals surface area contributed by atoms with Crippen LogP contribution in [-0.2, 0) is 14.3 Å². The molecule has 1 heterocycles. The van der Waals surface area contributed by atoms with Crippen LogP contribution in [0.5, 0.6) is 0 Å². The number of ether oxygens (including phenoxy) is 1. The van der Waals surface area contributed by atoms with Crippen molar-refractivity contribution in [1.82, 2.24) is 5.32 Å². The maximum absolute atomic E-state index is 11.3. The summed E-state index contributed by atoms with van der Waals surface area (Å²) in [5.74, 6) is -0.433. The normalized spacial score (nSPS) is 27.1. The summed E-state index contributed by atoms with van der Waals surface area (Å²) in [5.41, 5.74) is 0. The summed E-state index contributed by atoms with van der Waals surface area (Å²) in [6.07, 6.45) is 1.36. The molecule has 0 saturated carbocycles. The van der Waals surface area contributed by atoms with Crippen LogP contribution in [0.25, 0.3) is 0 Å². The maximum atomic E-state index is 11.3. The fraction of sp³-hybridized carbons (Fsp3) is 0.778. The fourth-order valence-corrected chi connectivity index (χ4v) is 1.29. The van der Waals surface area contributed by atoms with Gasteiger partial charge in [0.05, 0.1) is 6.61 Å². The van der Waals surface area contributed by atoms with Gasteiger partial charge in [-0.3, -0.25) is 4.79 Å². The largest absolute Gasteiger partial charge is 0.464 e. The van der Waals surface area contributed by atoms with E-state index in [1.54, 1.807) is 0 Å². The topological polar surface area (TPSA) is 55.4 Å². The molecule has 0 aromatic carbocycles. The van der Waals surface area contributed by atoms with Gasteiger partial charge in [-0.15, -0.1) is 0 Å².